The molecule has 2 aliphatic rings. The van der Waals surface area contributed by atoms with Crippen LogP contribution in [0.2, 0.25) is 0 Å². The second kappa shape index (κ2) is 8.40. The zero-order valence-electron chi connectivity index (χ0n) is 14.9. The first kappa shape index (κ1) is 18.5. The highest BCUT2D eigenvalue weighted by molar-refractivity contribution is 8.18. The smallest absolute Gasteiger partial charge is 0.310 e. The summed E-state index contributed by atoms with van der Waals surface area (Å²) < 4.78 is 10.3. The first-order valence-corrected chi connectivity index (χ1v) is 9.50. The van der Waals surface area contributed by atoms with Gasteiger partial charge < -0.3 is 14.4 Å². The Balaban J connectivity index is 1.67. The Kier molecular flexibility index (Phi) is 5.98. The van der Waals surface area contributed by atoms with Crippen molar-refractivity contribution in [3.05, 3.63) is 34.7 Å². The summed E-state index contributed by atoms with van der Waals surface area (Å²) in [5.74, 6) is 0.213. The number of thioether (sulfide) groups is 1. The Morgan fingerprint density at radius 2 is 2.15 bits per heavy atom. The van der Waals surface area contributed by atoms with Gasteiger partial charge in [0.15, 0.2) is 5.17 Å². The molecule has 0 bridgehead atoms. The van der Waals surface area contributed by atoms with Crippen LogP contribution in [0.25, 0.3) is 6.08 Å². The Bertz CT molecular complexity index is 742. The molecule has 0 unspecified atom stereocenters. The second-order valence-corrected chi connectivity index (χ2v) is 7.13. The number of nitrogens with zero attached hydrogens (tertiary/aromatic N) is 2. The number of hydrogen-bond donors (Lipinski definition) is 0. The van der Waals surface area contributed by atoms with Crippen LogP contribution in [0.1, 0.15) is 25.3 Å². The zero-order chi connectivity index (χ0) is 18.5. The van der Waals surface area contributed by atoms with Gasteiger partial charge in [0.2, 0.25) is 0 Å². The zero-order valence-corrected chi connectivity index (χ0v) is 15.8. The number of likely N-dealkylation sites (tertiary alicyclic amines) is 1. The molecule has 1 saturated heterocycles. The van der Waals surface area contributed by atoms with Crippen LogP contribution < -0.4 is 4.74 Å². The minimum absolute atomic E-state index is 0.156. The highest BCUT2D eigenvalue weighted by Gasteiger charge is 2.32. The van der Waals surface area contributed by atoms with Crippen molar-refractivity contribution in [3.8, 4) is 5.75 Å². The quantitative estimate of drug-likeness (QED) is 0.596. The molecule has 2 heterocycles. The third-order valence-electron chi connectivity index (χ3n) is 4.33. The molecule has 1 aromatic carbocycles. The fourth-order valence-corrected chi connectivity index (χ4v) is 3.94. The Morgan fingerprint density at radius 1 is 1.38 bits per heavy atom. The van der Waals surface area contributed by atoms with Crippen molar-refractivity contribution >= 4 is 34.9 Å². The third kappa shape index (κ3) is 4.27. The van der Waals surface area contributed by atoms with E-state index in [1.165, 1.54) is 11.8 Å². The van der Waals surface area contributed by atoms with Gasteiger partial charge in [0, 0.05) is 13.1 Å². The third-order valence-corrected chi connectivity index (χ3v) is 5.38. The van der Waals surface area contributed by atoms with Crippen molar-refractivity contribution in [2.24, 2.45) is 10.9 Å². The van der Waals surface area contributed by atoms with E-state index in [1.54, 1.807) is 7.11 Å². The summed E-state index contributed by atoms with van der Waals surface area (Å²) in [6, 6.07) is 7.50. The number of methoxy groups -OCH3 is 1. The van der Waals surface area contributed by atoms with Gasteiger partial charge in [0.25, 0.3) is 5.91 Å². The van der Waals surface area contributed by atoms with E-state index in [0.29, 0.717) is 23.2 Å². The second-order valence-electron chi connectivity index (χ2n) is 6.12. The molecule has 0 aliphatic carbocycles. The summed E-state index contributed by atoms with van der Waals surface area (Å²) in [6.07, 6.45) is 3.53. The van der Waals surface area contributed by atoms with E-state index < -0.39 is 0 Å². The number of esters is 1. The van der Waals surface area contributed by atoms with Gasteiger partial charge in [-0.05, 0) is 55.3 Å². The number of amides is 1. The Morgan fingerprint density at radius 3 is 2.85 bits per heavy atom. The largest absolute Gasteiger partial charge is 0.497 e. The van der Waals surface area contributed by atoms with Crippen molar-refractivity contribution in [1.82, 2.24) is 4.90 Å². The summed E-state index contributed by atoms with van der Waals surface area (Å²) in [5, 5.41) is 0.670. The molecule has 7 heteroatoms. The molecule has 26 heavy (non-hydrogen) atoms. The Labute approximate surface area is 157 Å². The van der Waals surface area contributed by atoms with E-state index >= 15 is 0 Å². The number of ether oxygens (including phenoxy) is 2. The van der Waals surface area contributed by atoms with Crippen molar-refractivity contribution < 1.29 is 19.1 Å². The molecule has 0 spiro atoms. The minimum atomic E-state index is -0.237. The van der Waals surface area contributed by atoms with E-state index in [1.807, 2.05) is 42.2 Å². The molecule has 0 saturated carbocycles. The molecule has 1 atom stereocenters. The van der Waals surface area contributed by atoms with E-state index in [9.17, 15) is 9.59 Å². The molecule has 1 amide bonds. The average Bonchev–Trinajstić information content (AvgIpc) is 3.03. The average molecular weight is 374 g/mol. The normalized spacial score (nSPS) is 21.7. The van der Waals surface area contributed by atoms with Crippen molar-refractivity contribution in [2.75, 3.05) is 26.8 Å². The predicted molar refractivity (Wildman–Crippen MR) is 102 cm³/mol. The highest BCUT2D eigenvalue weighted by Crippen LogP contribution is 2.32. The van der Waals surface area contributed by atoms with Gasteiger partial charge >= 0.3 is 5.97 Å². The summed E-state index contributed by atoms with van der Waals surface area (Å²) >= 11 is 1.36. The van der Waals surface area contributed by atoms with Crippen LogP contribution in [0.4, 0.5) is 0 Å². The minimum Gasteiger partial charge on any atom is -0.497 e. The molecule has 1 fully saturated rings. The standard InChI is InChI=1S/C19H22N2O4S/c1-3-25-18(23)14-5-4-10-21(12-14)19-20-17(22)16(26-19)11-13-6-8-15(24-2)9-7-13/h6-9,11,14H,3-5,10,12H2,1-2H3/b16-11-/t14-/m0/s1. The number of aliphatic imine (C=N–C) groups is 1. The summed E-state index contributed by atoms with van der Waals surface area (Å²) in [7, 11) is 1.62. The fraction of sp³-hybridized carbons (Fsp3) is 0.421. The molecule has 6 nitrogen and oxygen atoms in total. The number of amidine groups is 1. The fourth-order valence-electron chi connectivity index (χ4n) is 2.99. The van der Waals surface area contributed by atoms with Crippen LogP contribution in [-0.4, -0.2) is 48.8 Å². The first-order valence-electron chi connectivity index (χ1n) is 8.69. The summed E-state index contributed by atoms with van der Waals surface area (Å²) in [5.41, 5.74) is 0.918. The molecule has 0 aromatic heterocycles. The predicted octanol–water partition coefficient (Wildman–Crippen LogP) is 2.94. The van der Waals surface area contributed by atoms with Crippen molar-refractivity contribution in [1.29, 1.82) is 0 Å². The molecule has 1 aromatic rings. The molecule has 3 rings (SSSR count). The summed E-state index contributed by atoms with van der Waals surface area (Å²) in [6.45, 7) is 3.54. The maximum absolute atomic E-state index is 12.3. The monoisotopic (exact) mass is 374 g/mol. The number of rotatable bonds is 4. The molecule has 2 aliphatic heterocycles. The van der Waals surface area contributed by atoms with Crippen LogP contribution in [0.3, 0.4) is 0 Å². The van der Waals surface area contributed by atoms with Gasteiger partial charge in [-0.3, -0.25) is 9.59 Å². The molecule has 138 valence electrons. The SMILES string of the molecule is CCOC(=O)[C@H]1CCCN(C2=NC(=O)/C(=C/c3ccc(OC)cc3)S2)C1. The molecular formula is C19H22N2O4S. The molecule has 0 N–H and O–H groups in total. The van der Waals surface area contributed by atoms with Crippen LogP contribution in [0, 0.1) is 5.92 Å². The number of carbonyl (C=O) groups excluding carboxylic acids is 2. The van der Waals surface area contributed by atoms with Gasteiger partial charge in [-0.15, -0.1) is 0 Å². The summed E-state index contributed by atoms with van der Waals surface area (Å²) in [4.78, 5) is 31.0. The number of piperidine rings is 1. The van der Waals surface area contributed by atoms with Crippen LogP contribution in [0.15, 0.2) is 34.2 Å². The van der Waals surface area contributed by atoms with Crippen molar-refractivity contribution in [3.63, 3.8) is 0 Å². The lowest BCUT2D eigenvalue weighted by atomic mass is 9.99. The lowest BCUT2D eigenvalue weighted by Crippen LogP contribution is -2.41. The first-order chi connectivity index (χ1) is 12.6. The lowest BCUT2D eigenvalue weighted by molar-refractivity contribution is -0.149. The lowest BCUT2D eigenvalue weighted by Gasteiger charge is -2.32. The number of benzene rings is 1. The van der Waals surface area contributed by atoms with Gasteiger partial charge in [0.05, 0.1) is 24.5 Å². The highest BCUT2D eigenvalue weighted by atomic mass is 32.2. The number of hydrogen-bond acceptors (Lipinski definition) is 6. The van der Waals surface area contributed by atoms with E-state index in [-0.39, 0.29) is 17.8 Å². The van der Waals surface area contributed by atoms with Crippen LogP contribution in [-0.2, 0) is 14.3 Å². The van der Waals surface area contributed by atoms with Gasteiger partial charge in [-0.1, -0.05) is 12.1 Å². The Hall–Kier alpha value is -2.28. The molecular weight excluding hydrogens is 352 g/mol. The van der Waals surface area contributed by atoms with E-state index in [0.717, 1.165) is 30.7 Å². The van der Waals surface area contributed by atoms with Crippen LogP contribution >= 0.6 is 11.8 Å². The van der Waals surface area contributed by atoms with Gasteiger partial charge in [-0.2, -0.15) is 4.99 Å². The van der Waals surface area contributed by atoms with E-state index in [2.05, 4.69) is 4.99 Å². The maximum Gasteiger partial charge on any atom is 0.310 e. The maximum atomic E-state index is 12.3. The van der Waals surface area contributed by atoms with Crippen molar-refractivity contribution in [2.45, 2.75) is 19.8 Å². The van der Waals surface area contributed by atoms with E-state index in [4.69, 9.17) is 9.47 Å². The van der Waals surface area contributed by atoms with Gasteiger partial charge in [0.1, 0.15) is 5.75 Å². The molecule has 0 radical (unpaired) electrons. The number of carbonyl (C=O) groups is 2. The van der Waals surface area contributed by atoms with Gasteiger partial charge in [-0.25, -0.2) is 0 Å². The topological polar surface area (TPSA) is 68.2 Å². The van der Waals surface area contributed by atoms with Crippen LogP contribution in [0.5, 0.6) is 5.75 Å².